The van der Waals surface area contributed by atoms with Crippen LogP contribution in [0.1, 0.15) is 43.9 Å². The van der Waals surface area contributed by atoms with Gasteiger partial charge in [-0.05, 0) is 36.4 Å². The molecule has 0 bridgehead atoms. The Bertz CT molecular complexity index is 1380. The lowest BCUT2D eigenvalue weighted by atomic mass is 9.94. The van der Waals surface area contributed by atoms with Crippen LogP contribution in [-0.2, 0) is 0 Å². The lowest BCUT2D eigenvalue weighted by Gasteiger charge is -2.27. The van der Waals surface area contributed by atoms with E-state index in [1.807, 2.05) is 35.4 Å². The van der Waals surface area contributed by atoms with Crippen LogP contribution >= 0.6 is 0 Å². The molecule has 3 heterocycles. The zero-order chi connectivity index (χ0) is 24.1. The summed E-state index contributed by atoms with van der Waals surface area (Å²) in [6.45, 7) is 0.849. The number of hydrogen-bond donors (Lipinski definition) is 0. The fraction of sp³-hybridized carbons (Fsp3) is 0.259. The van der Waals surface area contributed by atoms with Crippen LogP contribution in [-0.4, -0.2) is 66.6 Å². The lowest BCUT2D eigenvalue weighted by Crippen LogP contribution is -2.42. The summed E-state index contributed by atoms with van der Waals surface area (Å²) in [5, 5.41) is 1.56. The third-order valence-corrected chi connectivity index (χ3v) is 6.89. The van der Waals surface area contributed by atoms with E-state index in [4.69, 9.17) is 9.47 Å². The van der Waals surface area contributed by atoms with Gasteiger partial charge in [0.25, 0.3) is 17.7 Å². The second-order valence-electron chi connectivity index (χ2n) is 8.83. The summed E-state index contributed by atoms with van der Waals surface area (Å²) < 4.78 is 11.4. The summed E-state index contributed by atoms with van der Waals surface area (Å²) >= 11 is 0. The maximum Gasteiger partial charge on any atom is 0.261 e. The highest BCUT2D eigenvalue weighted by molar-refractivity contribution is 6.25. The van der Waals surface area contributed by atoms with Crippen LogP contribution in [0.15, 0.2) is 53.5 Å². The number of aliphatic imine (C=N–C) groups is 1. The first-order chi connectivity index (χ1) is 17.1. The summed E-state index contributed by atoms with van der Waals surface area (Å²) in [7, 11) is 1.51. The Labute approximate surface area is 201 Å². The molecule has 0 N–H and O–H groups in total. The summed E-state index contributed by atoms with van der Waals surface area (Å²) in [6.07, 6.45) is 3.68. The van der Waals surface area contributed by atoms with E-state index in [0.717, 1.165) is 18.2 Å². The van der Waals surface area contributed by atoms with E-state index in [2.05, 4.69) is 4.99 Å². The minimum Gasteiger partial charge on any atom is -0.493 e. The van der Waals surface area contributed by atoms with Gasteiger partial charge in [-0.25, -0.2) is 0 Å². The molecule has 0 spiro atoms. The predicted molar refractivity (Wildman–Crippen MR) is 130 cm³/mol. The Hall–Kier alpha value is -4.20. The molecule has 1 atom stereocenters. The number of rotatable bonds is 5. The molecule has 3 aromatic carbocycles. The molecule has 1 saturated heterocycles. The molecule has 3 aromatic rings. The molecule has 176 valence electrons. The molecule has 0 radical (unpaired) electrons. The van der Waals surface area contributed by atoms with E-state index in [1.165, 1.54) is 12.0 Å². The van der Waals surface area contributed by atoms with Crippen molar-refractivity contribution in [1.82, 2.24) is 9.80 Å². The Kier molecular flexibility index (Phi) is 5.02. The van der Waals surface area contributed by atoms with Gasteiger partial charge in [-0.3, -0.25) is 24.3 Å². The van der Waals surface area contributed by atoms with Crippen molar-refractivity contribution in [2.75, 3.05) is 26.8 Å². The average Bonchev–Trinajstić information content (AvgIpc) is 3.31. The van der Waals surface area contributed by atoms with E-state index in [-0.39, 0.29) is 36.9 Å². The predicted octanol–water partition coefficient (Wildman–Crippen LogP) is 3.84. The number of carbonyl (C=O) groups is 3. The number of nitrogens with zero attached hydrogens (tertiary/aromatic N) is 3. The van der Waals surface area contributed by atoms with Crippen molar-refractivity contribution in [3.8, 4) is 11.5 Å². The van der Waals surface area contributed by atoms with Gasteiger partial charge in [0, 0.05) is 35.3 Å². The Morgan fingerprint density at radius 3 is 2.40 bits per heavy atom. The molecule has 35 heavy (non-hydrogen) atoms. The van der Waals surface area contributed by atoms with Gasteiger partial charge in [-0.1, -0.05) is 24.3 Å². The van der Waals surface area contributed by atoms with Gasteiger partial charge in [-0.2, -0.15) is 0 Å². The van der Waals surface area contributed by atoms with Crippen molar-refractivity contribution in [3.63, 3.8) is 0 Å². The second kappa shape index (κ2) is 8.23. The number of fused-ring (bicyclic) bond motifs is 2. The molecule has 0 aliphatic carbocycles. The smallest absolute Gasteiger partial charge is 0.261 e. The van der Waals surface area contributed by atoms with E-state index in [1.54, 1.807) is 24.3 Å². The van der Waals surface area contributed by atoms with Crippen LogP contribution in [0.5, 0.6) is 11.5 Å². The minimum atomic E-state index is -0.340. The van der Waals surface area contributed by atoms with Crippen molar-refractivity contribution in [1.29, 1.82) is 0 Å². The second-order valence-corrected chi connectivity index (χ2v) is 8.83. The van der Waals surface area contributed by atoms with Gasteiger partial charge in [0.2, 0.25) is 0 Å². The molecular formula is C27H23N3O5. The van der Waals surface area contributed by atoms with Crippen molar-refractivity contribution < 1.29 is 23.9 Å². The lowest BCUT2D eigenvalue weighted by molar-refractivity contribution is 0.0586. The van der Waals surface area contributed by atoms with Crippen molar-refractivity contribution >= 4 is 40.4 Å². The fourth-order valence-corrected chi connectivity index (χ4v) is 5.15. The monoisotopic (exact) mass is 469 g/mol. The van der Waals surface area contributed by atoms with Gasteiger partial charge in [0.05, 0.1) is 30.9 Å². The fourth-order valence-electron chi connectivity index (χ4n) is 5.15. The van der Waals surface area contributed by atoms with E-state index in [0.29, 0.717) is 45.8 Å². The van der Waals surface area contributed by atoms with Crippen LogP contribution < -0.4 is 9.47 Å². The highest BCUT2D eigenvalue weighted by Crippen LogP contribution is 2.38. The van der Waals surface area contributed by atoms with Crippen molar-refractivity contribution in [3.05, 3.63) is 65.2 Å². The molecule has 3 aliphatic rings. The Balaban J connectivity index is 1.24. The standard InChI is InChI=1S/C27H23N3O5/c1-34-22-13-20-21(28-15-17-7-4-10-29(17)27(20)33)14-23(22)35-12-11-30-25(31)18-8-2-5-16-6-3-9-19(24(16)18)26(30)32/h2-3,5-6,8-9,13-15,17H,4,7,10-12H2,1H3/t17-/m0/s1. The quantitative estimate of drug-likeness (QED) is 0.530. The topological polar surface area (TPSA) is 88.5 Å². The average molecular weight is 469 g/mol. The molecule has 0 unspecified atom stereocenters. The van der Waals surface area contributed by atoms with Gasteiger partial charge in [0.1, 0.15) is 6.61 Å². The van der Waals surface area contributed by atoms with Crippen LogP contribution in [0.2, 0.25) is 0 Å². The highest BCUT2D eigenvalue weighted by Gasteiger charge is 2.34. The maximum atomic E-state index is 13.1. The maximum absolute atomic E-state index is 13.1. The Morgan fingerprint density at radius 1 is 0.943 bits per heavy atom. The first-order valence-electron chi connectivity index (χ1n) is 11.6. The molecule has 1 fully saturated rings. The SMILES string of the molecule is COc1cc2c(cc1OCCN1C(=O)c3cccc4cccc(c34)C1=O)N=C[C@@H]1CCCN1C2=O. The molecule has 3 amide bonds. The Morgan fingerprint density at radius 2 is 1.69 bits per heavy atom. The normalized spacial score (nSPS) is 18.5. The number of carbonyl (C=O) groups excluding carboxylic acids is 3. The molecular weight excluding hydrogens is 446 g/mol. The highest BCUT2D eigenvalue weighted by atomic mass is 16.5. The molecule has 0 saturated carbocycles. The number of imide groups is 1. The first kappa shape index (κ1) is 21.3. The van der Waals surface area contributed by atoms with E-state index in [9.17, 15) is 14.4 Å². The number of hydrogen-bond acceptors (Lipinski definition) is 6. The van der Waals surface area contributed by atoms with E-state index < -0.39 is 0 Å². The van der Waals surface area contributed by atoms with Crippen LogP contribution in [0, 0.1) is 0 Å². The van der Waals surface area contributed by atoms with Gasteiger partial charge in [0.15, 0.2) is 11.5 Å². The first-order valence-corrected chi connectivity index (χ1v) is 11.6. The third-order valence-electron chi connectivity index (χ3n) is 6.89. The van der Waals surface area contributed by atoms with Crippen LogP contribution in [0.3, 0.4) is 0 Å². The summed E-state index contributed by atoms with van der Waals surface area (Å²) in [6, 6.07) is 14.2. The summed E-state index contributed by atoms with van der Waals surface area (Å²) in [5.41, 5.74) is 2.01. The zero-order valence-corrected chi connectivity index (χ0v) is 19.2. The number of benzene rings is 3. The summed E-state index contributed by atoms with van der Waals surface area (Å²) in [5.74, 6) is 0.0522. The van der Waals surface area contributed by atoms with Crippen LogP contribution in [0.4, 0.5) is 5.69 Å². The van der Waals surface area contributed by atoms with Gasteiger partial charge < -0.3 is 14.4 Å². The van der Waals surface area contributed by atoms with Crippen molar-refractivity contribution in [2.45, 2.75) is 18.9 Å². The summed E-state index contributed by atoms with van der Waals surface area (Å²) in [4.78, 5) is 46.8. The molecule has 8 heteroatoms. The molecule has 0 aromatic heterocycles. The minimum absolute atomic E-state index is 0.00807. The van der Waals surface area contributed by atoms with E-state index >= 15 is 0 Å². The third kappa shape index (κ3) is 3.36. The molecule has 8 nitrogen and oxygen atoms in total. The van der Waals surface area contributed by atoms with Gasteiger partial charge in [-0.15, -0.1) is 0 Å². The largest absolute Gasteiger partial charge is 0.493 e. The van der Waals surface area contributed by atoms with Crippen molar-refractivity contribution in [2.24, 2.45) is 4.99 Å². The molecule has 3 aliphatic heterocycles. The zero-order valence-electron chi connectivity index (χ0n) is 19.2. The number of methoxy groups -OCH3 is 1. The number of ether oxygens (including phenoxy) is 2. The van der Waals surface area contributed by atoms with Gasteiger partial charge >= 0.3 is 0 Å². The molecule has 6 rings (SSSR count). The number of amides is 3. The van der Waals surface area contributed by atoms with Crippen LogP contribution in [0.25, 0.3) is 10.8 Å².